The molecule has 0 rings (SSSR count). The number of hydrogen-bond donors (Lipinski definition) is 2. The largest absolute Gasteiger partial charge is 0.478 e. The normalized spacial score (nSPS) is 6.25. The minimum atomic E-state index is -0.981. The van der Waals surface area contributed by atoms with Crippen molar-refractivity contribution >= 4 is 5.97 Å². The smallest absolute Gasteiger partial charge is 0.327 e. The van der Waals surface area contributed by atoms with Crippen molar-refractivity contribution in [2.24, 2.45) is 0 Å². The lowest BCUT2D eigenvalue weighted by molar-refractivity contribution is -0.131. The average molecular weight is 117 g/mol. The molecule has 2 N–H and O–H groups in total. The number of carbonyl (C=O) groups is 1. The van der Waals surface area contributed by atoms with Gasteiger partial charge < -0.3 is 10.2 Å². The van der Waals surface area contributed by atoms with E-state index in [2.05, 4.69) is 13.5 Å². The second kappa shape index (κ2) is 9.48. The zero-order valence-electron chi connectivity index (χ0n) is 4.50. The Bertz CT molecular complexity index is 68.1. The highest BCUT2D eigenvalue weighted by Gasteiger charge is 1.73. The standard InChI is InChI=1S/C3H4O2.C2H5O/c1-2-3(4)5;1-2-3/h2H,1H2,(H,4,5);3H,1-2H2. The van der Waals surface area contributed by atoms with E-state index in [1.165, 1.54) is 0 Å². The van der Waals surface area contributed by atoms with Gasteiger partial charge in [-0.2, -0.15) is 0 Å². The molecule has 3 heteroatoms. The molecule has 0 aromatic rings. The predicted octanol–water partition coefficient (Wildman–Crippen LogP) is 0.0698. The van der Waals surface area contributed by atoms with E-state index in [-0.39, 0.29) is 6.61 Å². The highest BCUT2D eigenvalue weighted by atomic mass is 16.4. The Morgan fingerprint density at radius 2 is 1.88 bits per heavy atom. The van der Waals surface area contributed by atoms with Crippen LogP contribution in [0.5, 0.6) is 0 Å². The third-order valence-corrected chi connectivity index (χ3v) is 0.175. The van der Waals surface area contributed by atoms with Gasteiger partial charge in [-0.1, -0.05) is 6.58 Å². The molecular weight excluding hydrogens is 108 g/mol. The molecule has 0 saturated heterocycles. The van der Waals surface area contributed by atoms with E-state index >= 15 is 0 Å². The molecule has 0 bridgehead atoms. The van der Waals surface area contributed by atoms with Crippen LogP contribution in [-0.4, -0.2) is 22.8 Å². The lowest BCUT2D eigenvalue weighted by Crippen LogP contribution is -1.82. The average Bonchev–Trinajstić information content (AvgIpc) is 1.69. The molecule has 0 fully saturated rings. The van der Waals surface area contributed by atoms with Crippen LogP contribution in [0, 0.1) is 6.92 Å². The lowest BCUT2D eigenvalue weighted by Gasteiger charge is -1.64. The summed E-state index contributed by atoms with van der Waals surface area (Å²) in [6, 6.07) is 0. The predicted molar refractivity (Wildman–Crippen MR) is 30.3 cm³/mol. The van der Waals surface area contributed by atoms with E-state index in [4.69, 9.17) is 10.2 Å². The van der Waals surface area contributed by atoms with Gasteiger partial charge >= 0.3 is 5.97 Å². The molecule has 0 saturated carbocycles. The summed E-state index contributed by atoms with van der Waals surface area (Å²) in [5, 5.41) is 15.1. The van der Waals surface area contributed by atoms with E-state index in [9.17, 15) is 4.79 Å². The molecule has 0 unspecified atom stereocenters. The van der Waals surface area contributed by atoms with E-state index < -0.39 is 5.97 Å². The van der Waals surface area contributed by atoms with Crippen LogP contribution in [0.3, 0.4) is 0 Å². The highest BCUT2D eigenvalue weighted by Crippen LogP contribution is 1.54. The molecule has 3 nitrogen and oxygen atoms in total. The van der Waals surface area contributed by atoms with Gasteiger partial charge in [0.2, 0.25) is 0 Å². The summed E-state index contributed by atoms with van der Waals surface area (Å²) in [5.74, 6) is -0.981. The van der Waals surface area contributed by atoms with Crippen LogP contribution in [0.1, 0.15) is 0 Å². The maximum atomic E-state index is 9.25. The first-order valence-electron chi connectivity index (χ1n) is 1.94. The molecule has 8 heavy (non-hydrogen) atoms. The monoisotopic (exact) mass is 117 g/mol. The summed E-state index contributed by atoms with van der Waals surface area (Å²) >= 11 is 0. The van der Waals surface area contributed by atoms with Crippen molar-refractivity contribution in [3.8, 4) is 0 Å². The summed E-state index contributed by atoms with van der Waals surface area (Å²) in [6.07, 6.45) is 0.833. The van der Waals surface area contributed by atoms with Crippen LogP contribution in [0.4, 0.5) is 0 Å². The third-order valence-electron chi connectivity index (χ3n) is 0.175. The Morgan fingerprint density at radius 1 is 1.75 bits per heavy atom. The maximum Gasteiger partial charge on any atom is 0.327 e. The van der Waals surface area contributed by atoms with Crippen LogP contribution in [0.15, 0.2) is 12.7 Å². The van der Waals surface area contributed by atoms with Gasteiger partial charge in [-0.05, 0) is 6.92 Å². The van der Waals surface area contributed by atoms with Crippen molar-refractivity contribution in [2.45, 2.75) is 0 Å². The summed E-state index contributed by atoms with van der Waals surface area (Å²) in [6.45, 7) is 6.00. The molecule has 0 aliphatic carbocycles. The van der Waals surface area contributed by atoms with E-state index in [1.807, 2.05) is 0 Å². The number of carboxylic acid groups (broad SMARTS) is 1. The van der Waals surface area contributed by atoms with Gasteiger partial charge in [0.15, 0.2) is 0 Å². The van der Waals surface area contributed by atoms with Crippen LogP contribution in [-0.2, 0) is 4.79 Å². The fraction of sp³-hybridized carbons (Fsp3) is 0.200. The fourth-order valence-corrected chi connectivity index (χ4v) is 0. The molecule has 0 heterocycles. The number of rotatable bonds is 1. The van der Waals surface area contributed by atoms with Crippen molar-refractivity contribution in [1.29, 1.82) is 0 Å². The molecule has 1 radical (unpaired) electrons. The summed E-state index contributed by atoms with van der Waals surface area (Å²) < 4.78 is 0. The molecule has 0 atom stereocenters. The molecule has 0 aromatic carbocycles. The van der Waals surface area contributed by atoms with Crippen molar-refractivity contribution in [3.05, 3.63) is 19.6 Å². The first kappa shape index (κ1) is 10.2. The Labute approximate surface area is 48.3 Å². The Hall–Kier alpha value is -0.830. The molecular formula is C5H9O3. The fourth-order valence-electron chi connectivity index (χ4n) is 0. The van der Waals surface area contributed by atoms with Gasteiger partial charge in [-0.25, -0.2) is 4.79 Å². The second-order valence-electron chi connectivity index (χ2n) is 0.766. The van der Waals surface area contributed by atoms with Crippen LogP contribution in [0.2, 0.25) is 0 Å². The minimum absolute atomic E-state index is 0. The lowest BCUT2D eigenvalue weighted by atomic mass is 10.7. The number of aliphatic hydroxyl groups is 1. The number of hydrogen-bond acceptors (Lipinski definition) is 2. The van der Waals surface area contributed by atoms with Crippen molar-refractivity contribution in [3.63, 3.8) is 0 Å². The molecule has 0 spiro atoms. The Morgan fingerprint density at radius 3 is 1.88 bits per heavy atom. The maximum absolute atomic E-state index is 9.25. The highest BCUT2D eigenvalue weighted by molar-refractivity contribution is 5.78. The molecule has 47 valence electrons. The van der Waals surface area contributed by atoms with Gasteiger partial charge in [0, 0.05) is 12.7 Å². The van der Waals surface area contributed by atoms with E-state index in [1.54, 1.807) is 0 Å². The topological polar surface area (TPSA) is 57.5 Å². The number of aliphatic carboxylic acids is 1. The van der Waals surface area contributed by atoms with Crippen LogP contribution in [0.25, 0.3) is 0 Å². The van der Waals surface area contributed by atoms with Crippen molar-refractivity contribution in [2.75, 3.05) is 6.61 Å². The number of aliphatic hydroxyl groups excluding tert-OH is 1. The molecule has 0 amide bonds. The van der Waals surface area contributed by atoms with Gasteiger partial charge in [-0.3, -0.25) is 0 Å². The van der Waals surface area contributed by atoms with Gasteiger partial charge in [0.25, 0.3) is 0 Å². The minimum Gasteiger partial charge on any atom is -0.478 e. The van der Waals surface area contributed by atoms with Gasteiger partial charge in [0.1, 0.15) is 0 Å². The van der Waals surface area contributed by atoms with Crippen molar-refractivity contribution < 1.29 is 15.0 Å². The Balaban J connectivity index is 0. The molecule has 0 aliphatic heterocycles. The van der Waals surface area contributed by atoms with Gasteiger partial charge in [-0.15, -0.1) is 0 Å². The third kappa shape index (κ3) is 65.7. The quantitative estimate of drug-likeness (QED) is 0.478. The zero-order valence-corrected chi connectivity index (χ0v) is 4.50. The van der Waals surface area contributed by atoms with Crippen LogP contribution < -0.4 is 0 Å². The zero-order chi connectivity index (χ0) is 6.99. The first-order valence-corrected chi connectivity index (χ1v) is 1.94. The SMILES string of the molecule is C=CC(=O)O.[CH2]CO. The summed E-state index contributed by atoms with van der Waals surface area (Å²) in [5.41, 5.74) is 0. The summed E-state index contributed by atoms with van der Waals surface area (Å²) in [7, 11) is 0. The number of carboxylic acids is 1. The molecule has 0 aromatic heterocycles. The Kier molecular flexibility index (Phi) is 12.1. The molecule has 0 aliphatic rings. The van der Waals surface area contributed by atoms with Gasteiger partial charge in [0.05, 0.1) is 0 Å². The first-order chi connectivity index (χ1) is 3.68. The van der Waals surface area contributed by atoms with E-state index in [0.717, 1.165) is 6.08 Å². The van der Waals surface area contributed by atoms with Crippen molar-refractivity contribution in [1.82, 2.24) is 0 Å². The van der Waals surface area contributed by atoms with Crippen LogP contribution >= 0.6 is 0 Å². The summed E-state index contributed by atoms with van der Waals surface area (Å²) in [4.78, 5) is 9.25. The second-order valence-corrected chi connectivity index (χ2v) is 0.766. The van der Waals surface area contributed by atoms with E-state index in [0.29, 0.717) is 0 Å².